The summed E-state index contributed by atoms with van der Waals surface area (Å²) < 4.78 is 0. The predicted molar refractivity (Wildman–Crippen MR) is 133 cm³/mol. The Morgan fingerprint density at radius 1 is 0.906 bits per heavy atom. The van der Waals surface area contributed by atoms with Gasteiger partial charge in [0.1, 0.15) is 11.4 Å². The molecule has 3 aromatic carbocycles. The van der Waals surface area contributed by atoms with E-state index in [1.807, 2.05) is 32.3 Å². The zero-order valence-corrected chi connectivity index (χ0v) is 19.0. The van der Waals surface area contributed by atoms with E-state index in [9.17, 15) is 9.59 Å². The zero-order valence-electron chi connectivity index (χ0n) is 19.0. The summed E-state index contributed by atoms with van der Waals surface area (Å²) >= 11 is 0. The van der Waals surface area contributed by atoms with Gasteiger partial charge in [-0.2, -0.15) is 0 Å². The molecule has 0 amide bonds. The van der Waals surface area contributed by atoms with Crippen LogP contribution < -0.4 is 21.5 Å². The van der Waals surface area contributed by atoms with E-state index in [2.05, 4.69) is 64.9 Å². The summed E-state index contributed by atoms with van der Waals surface area (Å²) in [7, 11) is 4.07. The monoisotopic (exact) mass is 429 g/mol. The molecule has 0 saturated heterocycles. The molecular formula is C27H31N3O2. The van der Waals surface area contributed by atoms with E-state index in [4.69, 9.17) is 0 Å². The molecule has 4 rings (SSSR count). The van der Waals surface area contributed by atoms with Gasteiger partial charge in [0.25, 0.3) is 10.9 Å². The highest BCUT2D eigenvalue weighted by Gasteiger charge is 2.24. The summed E-state index contributed by atoms with van der Waals surface area (Å²) in [5, 5.41) is 6.56. The zero-order chi connectivity index (χ0) is 22.7. The summed E-state index contributed by atoms with van der Waals surface area (Å²) in [6.07, 6.45) is 4.89. The maximum atomic E-state index is 12.3. The van der Waals surface area contributed by atoms with Crippen LogP contribution in [0, 0.1) is 0 Å². The summed E-state index contributed by atoms with van der Waals surface area (Å²) in [6.45, 7) is 2.65. The third-order valence-corrected chi connectivity index (χ3v) is 6.32. The molecule has 0 heterocycles. The van der Waals surface area contributed by atoms with Crippen LogP contribution in [0.15, 0.2) is 70.3 Å². The fourth-order valence-electron chi connectivity index (χ4n) is 4.42. The minimum Gasteiger partial charge on any atom is -0.378 e. The van der Waals surface area contributed by atoms with Crippen molar-refractivity contribution in [2.45, 2.75) is 38.3 Å². The van der Waals surface area contributed by atoms with Crippen molar-refractivity contribution < 1.29 is 0 Å². The molecule has 0 radical (unpaired) electrons. The van der Waals surface area contributed by atoms with E-state index in [0.29, 0.717) is 17.9 Å². The predicted octanol–water partition coefficient (Wildman–Crippen LogP) is 3.70. The van der Waals surface area contributed by atoms with Crippen molar-refractivity contribution in [3.8, 4) is 0 Å². The molecule has 5 nitrogen and oxygen atoms in total. The fourth-order valence-corrected chi connectivity index (χ4v) is 4.42. The summed E-state index contributed by atoms with van der Waals surface area (Å²) in [6, 6.07) is 19.0. The molecule has 1 aliphatic carbocycles. The number of rotatable bonds is 10. The van der Waals surface area contributed by atoms with Crippen molar-refractivity contribution >= 4 is 16.9 Å². The Bertz CT molecular complexity index is 1170. The minimum atomic E-state index is -0.428. The fraction of sp³-hybridized carbons (Fsp3) is 0.333. The lowest BCUT2D eigenvalue weighted by atomic mass is 10.00. The third kappa shape index (κ3) is 4.68. The first kappa shape index (κ1) is 22.0. The van der Waals surface area contributed by atoms with Crippen LogP contribution in [0.4, 0.5) is 11.4 Å². The van der Waals surface area contributed by atoms with Crippen LogP contribution in [0.5, 0.6) is 0 Å². The lowest BCUT2D eigenvalue weighted by Gasteiger charge is -2.26. The van der Waals surface area contributed by atoms with Gasteiger partial charge in [0.15, 0.2) is 0 Å². The molecule has 3 aromatic rings. The Morgan fingerprint density at radius 3 is 2.34 bits per heavy atom. The quantitative estimate of drug-likeness (QED) is 0.481. The number of likely N-dealkylation sites (N-methyl/N-ethyl adjacent to an activating group) is 1. The molecule has 0 spiro atoms. The van der Waals surface area contributed by atoms with Crippen molar-refractivity contribution in [3.63, 3.8) is 0 Å². The number of hydrogen-bond donors (Lipinski definition) is 2. The van der Waals surface area contributed by atoms with Crippen molar-refractivity contribution in [1.29, 1.82) is 0 Å². The number of anilines is 2. The van der Waals surface area contributed by atoms with Crippen LogP contribution in [-0.4, -0.2) is 37.6 Å². The first-order valence-corrected chi connectivity index (χ1v) is 11.3. The number of allylic oxidation sites excluding steroid dienone is 1. The van der Waals surface area contributed by atoms with Crippen LogP contribution >= 0.6 is 0 Å². The number of fused-ring (bicyclic) bond motifs is 1. The Morgan fingerprint density at radius 2 is 1.59 bits per heavy atom. The van der Waals surface area contributed by atoms with Gasteiger partial charge in [-0.15, -0.1) is 0 Å². The van der Waals surface area contributed by atoms with Crippen LogP contribution in [-0.2, 0) is 12.8 Å². The average Bonchev–Trinajstić information content (AvgIpc) is 3.20. The molecule has 32 heavy (non-hydrogen) atoms. The molecule has 0 aromatic heterocycles. The van der Waals surface area contributed by atoms with Crippen molar-refractivity contribution in [2.75, 3.05) is 31.3 Å². The second-order valence-corrected chi connectivity index (χ2v) is 8.94. The Labute approximate surface area is 189 Å². The lowest BCUT2D eigenvalue weighted by molar-refractivity contribution is 0.303. The van der Waals surface area contributed by atoms with Gasteiger partial charge >= 0.3 is 0 Å². The van der Waals surface area contributed by atoms with Crippen LogP contribution in [0.2, 0.25) is 0 Å². The first-order valence-electron chi connectivity index (χ1n) is 11.3. The molecule has 0 saturated carbocycles. The molecule has 2 N–H and O–H groups in total. The second-order valence-electron chi connectivity index (χ2n) is 8.94. The summed E-state index contributed by atoms with van der Waals surface area (Å²) in [4.78, 5) is 26.7. The van der Waals surface area contributed by atoms with Gasteiger partial charge in [0.05, 0.1) is 0 Å². The van der Waals surface area contributed by atoms with Crippen LogP contribution in [0.1, 0.15) is 30.0 Å². The maximum absolute atomic E-state index is 12.3. The highest BCUT2D eigenvalue weighted by Crippen LogP contribution is 2.31. The van der Waals surface area contributed by atoms with Crippen molar-refractivity contribution in [1.82, 2.24) is 4.90 Å². The van der Waals surface area contributed by atoms with E-state index < -0.39 is 10.9 Å². The molecule has 0 fully saturated rings. The summed E-state index contributed by atoms with van der Waals surface area (Å²) in [5.74, 6) is 0. The number of benzene rings is 2. The lowest BCUT2D eigenvalue weighted by Crippen LogP contribution is -2.42. The number of nitrogens with zero attached hydrogens (tertiary/aromatic N) is 1. The van der Waals surface area contributed by atoms with E-state index in [0.717, 1.165) is 19.3 Å². The largest absolute Gasteiger partial charge is 0.378 e. The molecule has 0 aliphatic heterocycles. The number of hydrogen-bond acceptors (Lipinski definition) is 5. The van der Waals surface area contributed by atoms with Crippen LogP contribution in [0.3, 0.4) is 0 Å². The van der Waals surface area contributed by atoms with Crippen molar-refractivity contribution in [3.05, 3.63) is 97.8 Å². The van der Waals surface area contributed by atoms with Gasteiger partial charge in [-0.3, -0.25) is 9.59 Å². The first-order chi connectivity index (χ1) is 15.4. The highest BCUT2D eigenvalue weighted by molar-refractivity contribution is 5.76. The Balaban J connectivity index is 1.39. The maximum Gasteiger partial charge on any atom is 0.253 e. The van der Waals surface area contributed by atoms with E-state index >= 15 is 0 Å². The highest BCUT2D eigenvalue weighted by atomic mass is 16.2. The SMILES string of the molecule is C[C@H](CC1=CCc2ccccc21)Nc1c(NCC(Cc2ccccc2)N(C)C)c(=O)c1=O. The van der Waals surface area contributed by atoms with Gasteiger partial charge in [0.2, 0.25) is 0 Å². The molecular weight excluding hydrogens is 398 g/mol. The molecule has 0 bridgehead atoms. The van der Waals surface area contributed by atoms with Crippen molar-refractivity contribution in [2.24, 2.45) is 0 Å². The molecule has 5 heteroatoms. The van der Waals surface area contributed by atoms with E-state index in [1.165, 1.54) is 22.3 Å². The number of nitrogens with one attached hydrogen (secondary N) is 2. The average molecular weight is 430 g/mol. The Kier molecular flexibility index (Phi) is 6.56. The standard InChI is InChI=1S/C27H31N3O2/c1-18(15-21-14-13-20-11-7-8-12-23(20)21)29-25-24(26(31)27(25)32)28-17-22(30(2)3)16-19-9-5-4-6-10-19/h4-12,14,18,22,28-29H,13,15-17H2,1-3H3/t18-,22?/m1/s1. The van der Waals surface area contributed by atoms with E-state index in [-0.39, 0.29) is 12.1 Å². The van der Waals surface area contributed by atoms with Gasteiger partial charge in [-0.1, -0.05) is 60.7 Å². The van der Waals surface area contributed by atoms with Gasteiger partial charge in [0, 0.05) is 18.6 Å². The van der Waals surface area contributed by atoms with Gasteiger partial charge in [-0.25, -0.2) is 0 Å². The van der Waals surface area contributed by atoms with Gasteiger partial charge < -0.3 is 15.5 Å². The normalized spacial score (nSPS) is 14.8. The molecule has 2 atom stereocenters. The van der Waals surface area contributed by atoms with Gasteiger partial charge in [-0.05, 0) is 62.5 Å². The molecule has 166 valence electrons. The third-order valence-electron chi connectivity index (χ3n) is 6.32. The molecule has 1 unspecified atom stereocenters. The summed E-state index contributed by atoms with van der Waals surface area (Å²) in [5.41, 5.74) is 5.17. The van der Waals surface area contributed by atoms with E-state index in [1.54, 1.807) is 0 Å². The molecule has 1 aliphatic rings. The minimum absolute atomic E-state index is 0.0465. The van der Waals surface area contributed by atoms with Crippen LogP contribution in [0.25, 0.3) is 5.57 Å². The second kappa shape index (κ2) is 9.53. The Hall–Kier alpha value is -3.18. The topological polar surface area (TPSA) is 61.4 Å². The smallest absolute Gasteiger partial charge is 0.253 e.